The lowest BCUT2D eigenvalue weighted by Crippen LogP contribution is -2.29. The van der Waals surface area contributed by atoms with Gasteiger partial charge in [0.2, 0.25) is 0 Å². The van der Waals surface area contributed by atoms with E-state index in [-0.39, 0.29) is 17.9 Å². The van der Waals surface area contributed by atoms with E-state index in [4.69, 9.17) is 9.47 Å². The molecule has 2 aromatic carbocycles. The van der Waals surface area contributed by atoms with Crippen molar-refractivity contribution in [1.29, 1.82) is 0 Å². The van der Waals surface area contributed by atoms with Crippen molar-refractivity contribution in [2.45, 2.75) is 40.3 Å². The summed E-state index contributed by atoms with van der Waals surface area (Å²) in [5.41, 5.74) is 3.57. The summed E-state index contributed by atoms with van der Waals surface area (Å²) < 4.78 is 11.3. The van der Waals surface area contributed by atoms with Gasteiger partial charge in [-0.2, -0.15) is 0 Å². The molecule has 0 radical (unpaired) electrons. The molecule has 1 amide bonds. The molecule has 0 aliphatic carbocycles. The Bertz CT molecular complexity index is 1350. The summed E-state index contributed by atoms with van der Waals surface area (Å²) in [6, 6.07) is 13.8. The van der Waals surface area contributed by atoms with Gasteiger partial charge in [-0.25, -0.2) is 0 Å². The number of benzene rings is 2. The maximum absolute atomic E-state index is 13.4. The maximum atomic E-state index is 13.4. The SMILES string of the molecule is COc1cc(C)c(/C(O)=C2\C(=O)C(=O)N(Cc3ccncc3)C2c2cccc(OCC(C)C)c2)cc1C. The highest BCUT2D eigenvalue weighted by molar-refractivity contribution is 6.46. The van der Waals surface area contributed by atoms with Crippen molar-refractivity contribution < 1.29 is 24.2 Å². The van der Waals surface area contributed by atoms with E-state index in [0.717, 1.165) is 16.7 Å². The van der Waals surface area contributed by atoms with Crippen LogP contribution >= 0.6 is 0 Å². The second-order valence-corrected chi connectivity index (χ2v) is 9.70. The van der Waals surface area contributed by atoms with Gasteiger partial charge in [0.25, 0.3) is 11.7 Å². The summed E-state index contributed by atoms with van der Waals surface area (Å²) in [7, 11) is 1.58. The zero-order valence-electron chi connectivity index (χ0n) is 21.8. The molecule has 3 aromatic rings. The first kappa shape index (κ1) is 25.9. The molecule has 1 aliphatic rings. The summed E-state index contributed by atoms with van der Waals surface area (Å²) in [6.07, 6.45) is 3.29. The van der Waals surface area contributed by atoms with Crippen LogP contribution in [0, 0.1) is 19.8 Å². The second-order valence-electron chi connectivity index (χ2n) is 9.70. The number of amides is 1. The molecular weight excluding hydrogens is 468 g/mol. The van der Waals surface area contributed by atoms with Crippen molar-refractivity contribution in [3.63, 3.8) is 0 Å². The van der Waals surface area contributed by atoms with Crippen LogP contribution in [0.25, 0.3) is 5.76 Å². The molecule has 0 spiro atoms. The summed E-state index contributed by atoms with van der Waals surface area (Å²) in [5, 5.41) is 11.5. The van der Waals surface area contributed by atoms with Crippen molar-refractivity contribution >= 4 is 17.4 Å². The Labute approximate surface area is 217 Å². The molecule has 1 saturated heterocycles. The largest absolute Gasteiger partial charge is 0.507 e. The number of aromatic nitrogens is 1. The second kappa shape index (κ2) is 10.9. The maximum Gasteiger partial charge on any atom is 0.295 e. The van der Waals surface area contributed by atoms with E-state index in [1.54, 1.807) is 37.7 Å². The fourth-order valence-corrected chi connectivity index (χ4v) is 4.52. The van der Waals surface area contributed by atoms with Gasteiger partial charge in [0.05, 0.1) is 25.3 Å². The number of aliphatic hydroxyl groups excluding tert-OH is 1. The number of nitrogens with zero attached hydrogens (tertiary/aromatic N) is 2. The van der Waals surface area contributed by atoms with Gasteiger partial charge in [-0.3, -0.25) is 14.6 Å². The molecule has 1 atom stereocenters. The van der Waals surface area contributed by atoms with Crippen molar-refractivity contribution in [2.24, 2.45) is 5.92 Å². The van der Waals surface area contributed by atoms with Gasteiger partial charge in [-0.1, -0.05) is 26.0 Å². The molecule has 37 heavy (non-hydrogen) atoms. The average Bonchev–Trinajstić information content (AvgIpc) is 3.14. The lowest BCUT2D eigenvalue weighted by Gasteiger charge is -2.26. The van der Waals surface area contributed by atoms with E-state index < -0.39 is 17.7 Å². The summed E-state index contributed by atoms with van der Waals surface area (Å²) in [5.74, 6) is 0.0493. The molecule has 2 heterocycles. The van der Waals surface area contributed by atoms with E-state index in [9.17, 15) is 14.7 Å². The molecule has 1 unspecified atom stereocenters. The van der Waals surface area contributed by atoms with E-state index in [1.165, 1.54) is 4.90 Å². The van der Waals surface area contributed by atoms with Crippen molar-refractivity contribution in [3.8, 4) is 11.5 Å². The Morgan fingerprint density at radius 3 is 2.46 bits per heavy atom. The van der Waals surface area contributed by atoms with Crippen LogP contribution in [0.5, 0.6) is 11.5 Å². The first-order valence-electron chi connectivity index (χ1n) is 12.3. The molecule has 7 nitrogen and oxygen atoms in total. The van der Waals surface area contributed by atoms with E-state index >= 15 is 0 Å². The first-order valence-corrected chi connectivity index (χ1v) is 12.3. The van der Waals surface area contributed by atoms with Crippen LogP contribution in [0.1, 0.15) is 47.7 Å². The highest BCUT2D eigenvalue weighted by Gasteiger charge is 2.46. The normalized spacial score (nSPS) is 16.9. The molecule has 0 bridgehead atoms. The zero-order chi connectivity index (χ0) is 26.7. The monoisotopic (exact) mass is 500 g/mol. The van der Waals surface area contributed by atoms with Crippen LogP contribution in [-0.2, 0) is 16.1 Å². The number of carbonyl (C=O) groups excluding carboxylic acids is 2. The number of hydrogen-bond acceptors (Lipinski definition) is 6. The molecule has 1 aromatic heterocycles. The molecule has 1 N–H and O–H groups in total. The third-order valence-corrected chi connectivity index (χ3v) is 6.40. The summed E-state index contributed by atoms with van der Waals surface area (Å²) in [4.78, 5) is 32.3. The average molecular weight is 501 g/mol. The van der Waals surface area contributed by atoms with E-state index in [2.05, 4.69) is 18.8 Å². The predicted molar refractivity (Wildman–Crippen MR) is 141 cm³/mol. The Balaban J connectivity index is 1.87. The van der Waals surface area contributed by atoms with E-state index in [0.29, 0.717) is 35.2 Å². The molecular formula is C30H32N2O5. The smallest absolute Gasteiger partial charge is 0.295 e. The lowest BCUT2D eigenvalue weighted by atomic mass is 9.93. The minimum atomic E-state index is -0.794. The number of likely N-dealkylation sites (tertiary alicyclic amines) is 1. The number of pyridine rings is 1. The number of aryl methyl sites for hydroxylation is 2. The molecule has 4 rings (SSSR count). The van der Waals surface area contributed by atoms with Gasteiger partial charge in [0.1, 0.15) is 17.3 Å². The number of methoxy groups -OCH3 is 1. The van der Waals surface area contributed by atoms with Crippen molar-refractivity contribution in [2.75, 3.05) is 13.7 Å². The van der Waals surface area contributed by atoms with Gasteiger partial charge >= 0.3 is 0 Å². The van der Waals surface area contributed by atoms with E-state index in [1.807, 2.05) is 44.2 Å². The quantitative estimate of drug-likeness (QED) is 0.254. The first-order chi connectivity index (χ1) is 17.7. The van der Waals surface area contributed by atoms with Crippen LogP contribution in [0.15, 0.2) is 66.5 Å². The minimum Gasteiger partial charge on any atom is -0.507 e. The fourth-order valence-electron chi connectivity index (χ4n) is 4.52. The standard InChI is InChI=1S/C30H32N2O5/c1-18(2)17-37-23-8-6-7-22(15-23)27-26(28(33)24-13-20(4)25(36-5)14-19(24)3)29(34)30(35)32(27)16-21-9-11-31-12-10-21/h6-15,18,27,33H,16-17H2,1-5H3/b28-26+. The van der Waals surface area contributed by atoms with Crippen molar-refractivity contribution in [3.05, 3.63) is 94.3 Å². The number of hydrogen-bond donors (Lipinski definition) is 1. The van der Waals surface area contributed by atoms with Crippen LogP contribution < -0.4 is 9.47 Å². The number of rotatable bonds is 8. The Kier molecular flexibility index (Phi) is 7.62. The molecule has 0 saturated carbocycles. The Hall–Kier alpha value is -4.13. The molecule has 1 fully saturated rings. The number of ketones is 1. The van der Waals surface area contributed by atoms with Gasteiger partial charge < -0.3 is 19.5 Å². The number of carbonyl (C=O) groups is 2. The molecule has 192 valence electrons. The van der Waals surface area contributed by atoms with Gasteiger partial charge in [0, 0.05) is 24.5 Å². The highest BCUT2D eigenvalue weighted by atomic mass is 16.5. The van der Waals surface area contributed by atoms with Crippen LogP contribution in [0.3, 0.4) is 0 Å². The predicted octanol–water partition coefficient (Wildman–Crippen LogP) is 5.36. The topological polar surface area (TPSA) is 89.0 Å². The van der Waals surface area contributed by atoms with Gasteiger partial charge in [0.15, 0.2) is 0 Å². The Morgan fingerprint density at radius 2 is 1.78 bits per heavy atom. The molecule has 1 aliphatic heterocycles. The van der Waals surface area contributed by atoms with Crippen LogP contribution in [-0.4, -0.2) is 40.4 Å². The van der Waals surface area contributed by atoms with Gasteiger partial charge in [-0.15, -0.1) is 0 Å². The van der Waals surface area contributed by atoms with Gasteiger partial charge in [-0.05, 0) is 78.4 Å². The third-order valence-electron chi connectivity index (χ3n) is 6.40. The van der Waals surface area contributed by atoms with Crippen LogP contribution in [0.2, 0.25) is 0 Å². The Morgan fingerprint density at radius 1 is 1.05 bits per heavy atom. The molecule has 7 heteroatoms. The third kappa shape index (κ3) is 5.35. The fraction of sp³-hybridized carbons (Fsp3) is 0.300. The van der Waals surface area contributed by atoms with Crippen molar-refractivity contribution in [1.82, 2.24) is 9.88 Å². The zero-order valence-corrected chi connectivity index (χ0v) is 21.8. The number of aliphatic hydroxyl groups is 1. The summed E-state index contributed by atoms with van der Waals surface area (Å²) in [6.45, 7) is 8.54. The minimum absolute atomic E-state index is 0.0488. The highest BCUT2D eigenvalue weighted by Crippen LogP contribution is 2.42. The lowest BCUT2D eigenvalue weighted by molar-refractivity contribution is -0.140. The number of Topliss-reactive ketones (excluding diaryl/α,β-unsaturated/α-hetero) is 1. The van der Waals surface area contributed by atoms with Crippen LogP contribution in [0.4, 0.5) is 0 Å². The summed E-state index contributed by atoms with van der Waals surface area (Å²) >= 11 is 0. The number of ether oxygens (including phenoxy) is 2.